The van der Waals surface area contributed by atoms with Crippen LogP contribution in [0.25, 0.3) is 16.6 Å². The maximum absolute atomic E-state index is 5.91. The van der Waals surface area contributed by atoms with Gasteiger partial charge in [0.05, 0.1) is 11.2 Å². The molecule has 96 valence electrons. The van der Waals surface area contributed by atoms with Crippen LogP contribution in [0.5, 0.6) is 0 Å². The normalized spacial score (nSPS) is 11.3. The van der Waals surface area contributed by atoms with Gasteiger partial charge in [0, 0.05) is 17.4 Å². The highest BCUT2D eigenvalue weighted by molar-refractivity contribution is 5.84. The SMILES string of the molecule is CC(C)c1nn2ccccc2c1-c1cccc(N)c1. The molecule has 2 aromatic heterocycles. The maximum atomic E-state index is 5.91. The zero-order valence-corrected chi connectivity index (χ0v) is 11.2. The number of hydrogen-bond donors (Lipinski definition) is 1. The molecule has 0 saturated heterocycles. The number of benzene rings is 1. The van der Waals surface area contributed by atoms with Gasteiger partial charge in [0.15, 0.2) is 0 Å². The van der Waals surface area contributed by atoms with Crippen molar-refractivity contribution in [1.29, 1.82) is 0 Å². The molecule has 0 saturated carbocycles. The monoisotopic (exact) mass is 251 g/mol. The number of fused-ring (bicyclic) bond motifs is 1. The lowest BCUT2D eigenvalue weighted by Gasteiger charge is -2.06. The van der Waals surface area contributed by atoms with Crippen LogP contribution in [0.3, 0.4) is 0 Å². The van der Waals surface area contributed by atoms with Gasteiger partial charge in [0.1, 0.15) is 0 Å². The predicted octanol–water partition coefficient (Wildman–Crippen LogP) is 3.71. The summed E-state index contributed by atoms with van der Waals surface area (Å²) < 4.78 is 1.94. The first-order chi connectivity index (χ1) is 9.16. The summed E-state index contributed by atoms with van der Waals surface area (Å²) in [6, 6.07) is 14.1. The van der Waals surface area contributed by atoms with Crippen LogP contribution in [0.2, 0.25) is 0 Å². The number of anilines is 1. The summed E-state index contributed by atoms with van der Waals surface area (Å²) in [7, 11) is 0. The molecule has 0 aliphatic rings. The molecule has 19 heavy (non-hydrogen) atoms. The lowest BCUT2D eigenvalue weighted by Crippen LogP contribution is -1.92. The molecule has 0 fully saturated rings. The molecule has 1 aromatic carbocycles. The molecule has 0 spiro atoms. The van der Waals surface area contributed by atoms with Crippen LogP contribution in [-0.4, -0.2) is 9.61 Å². The first kappa shape index (κ1) is 11.8. The van der Waals surface area contributed by atoms with Crippen molar-refractivity contribution in [2.75, 3.05) is 5.73 Å². The highest BCUT2D eigenvalue weighted by atomic mass is 15.2. The van der Waals surface area contributed by atoms with Gasteiger partial charge in [0.2, 0.25) is 0 Å². The third kappa shape index (κ3) is 1.97. The van der Waals surface area contributed by atoms with Crippen LogP contribution in [0, 0.1) is 0 Å². The molecule has 0 radical (unpaired) electrons. The lowest BCUT2D eigenvalue weighted by atomic mass is 9.98. The van der Waals surface area contributed by atoms with Crippen molar-refractivity contribution in [3.8, 4) is 11.1 Å². The van der Waals surface area contributed by atoms with Crippen LogP contribution < -0.4 is 5.73 Å². The van der Waals surface area contributed by atoms with E-state index >= 15 is 0 Å². The Hall–Kier alpha value is -2.29. The molecule has 0 atom stereocenters. The molecule has 0 aliphatic heterocycles. The van der Waals surface area contributed by atoms with Gasteiger partial charge in [-0.2, -0.15) is 5.10 Å². The van der Waals surface area contributed by atoms with Crippen molar-refractivity contribution >= 4 is 11.2 Å². The maximum Gasteiger partial charge on any atom is 0.0743 e. The molecular weight excluding hydrogens is 234 g/mol. The second kappa shape index (κ2) is 4.43. The van der Waals surface area contributed by atoms with Gasteiger partial charge < -0.3 is 5.73 Å². The number of rotatable bonds is 2. The molecule has 2 heterocycles. The second-order valence-corrected chi connectivity index (χ2v) is 5.07. The molecule has 3 aromatic rings. The van der Waals surface area contributed by atoms with Crippen molar-refractivity contribution in [2.45, 2.75) is 19.8 Å². The van der Waals surface area contributed by atoms with E-state index in [4.69, 9.17) is 10.8 Å². The van der Waals surface area contributed by atoms with Crippen LogP contribution >= 0.6 is 0 Å². The van der Waals surface area contributed by atoms with E-state index < -0.39 is 0 Å². The molecule has 2 N–H and O–H groups in total. The van der Waals surface area contributed by atoms with Gasteiger partial charge in [-0.3, -0.25) is 0 Å². The second-order valence-electron chi connectivity index (χ2n) is 5.07. The van der Waals surface area contributed by atoms with Crippen molar-refractivity contribution in [2.24, 2.45) is 0 Å². The third-order valence-electron chi connectivity index (χ3n) is 3.29. The van der Waals surface area contributed by atoms with Crippen LogP contribution in [0.1, 0.15) is 25.5 Å². The van der Waals surface area contributed by atoms with Gasteiger partial charge in [0.25, 0.3) is 0 Å². The van der Waals surface area contributed by atoms with Crippen molar-refractivity contribution in [1.82, 2.24) is 9.61 Å². The number of aromatic nitrogens is 2. The van der Waals surface area contributed by atoms with Gasteiger partial charge in [-0.1, -0.05) is 32.0 Å². The Morgan fingerprint density at radius 1 is 1.11 bits per heavy atom. The molecule has 0 unspecified atom stereocenters. The standard InChI is InChI=1S/C16H17N3/c1-11(2)16-15(12-6-5-7-13(17)10-12)14-8-3-4-9-19(14)18-16/h3-11H,17H2,1-2H3. The summed E-state index contributed by atoms with van der Waals surface area (Å²) >= 11 is 0. The topological polar surface area (TPSA) is 43.3 Å². The first-order valence-electron chi connectivity index (χ1n) is 6.50. The van der Waals surface area contributed by atoms with E-state index in [1.165, 1.54) is 5.56 Å². The minimum absolute atomic E-state index is 0.372. The van der Waals surface area contributed by atoms with Crippen LogP contribution in [0.4, 0.5) is 5.69 Å². The Morgan fingerprint density at radius 3 is 2.68 bits per heavy atom. The van der Waals surface area contributed by atoms with E-state index in [2.05, 4.69) is 26.0 Å². The van der Waals surface area contributed by atoms with Crippen LogP contribution in [-0.2, 0) is 0 Å². The average molecular weight is 251 g/mol. The Bertz CT molecular complexity index is 726. The molecule has 0 amide bonds. The molecular formula is C16H17N3. The van der Waals surface area contributed by atoms with E-state index in [-0.39, 0.29) is 0 Å². The fourth-order valence-electron chi connectivity index (χ4n) is 2.41. The van der Waals surface area contributed by atoms with E-state index in [0.29, 0.717) is 5.92 Å². The third-order valence-corrected chi connectivity index (χ3v) is 3.29. The molecule has 3 heteroatoms. The van der Waals surface area contributed by atoms with E-state index in [1.54, 1.807) is 0 Å². The zero-order valence-electron chi connectivity index (χ0n) is 11.2. The Labute approximate surface area is 112 Å². The predicted molar refractivity (Wildman–Crippen MR) is 79.1 cm³/mol. The number of pyridine rings is 1. The lowest BCUT2D eigenvalue weighted by molar-refractivity contribution is 0.790. The Balaban J connectivity index is 2.34. The van der Waals surface area contributed by atoms with Gasteiger partial charge >= 0.3 is 0 Å². The highest BCUT2D eigenvalue weighted by Gasteiger charge is 2.16. The van der Waals surface area contributed by atoms with E-state index in [1.807, 2.05) is 41.0 Å². The van der Waals surface area contributed by atoms with Crippen molar-refractivity contribution in [3.63, 3.8) is 0 Å². The summed E-state index contributed by atoms with van der Waals surface area (Å²) in [6.45, 7) is 4.33. The van der Waals surface area contributed by atoms with Crippen molar-refractivity contribution in [3.05, 3.63) is 54.4 Å². The highest BCUT2D eigenvalue weighted by Crippen LogP contribution is 2.33. The number of hydrogen-bond acceptors (Lipinski definition) is 2. The van der Waals surface area contributed by atoms with Crippen molar-refractivity contribution < 1.29 is 0 Å². The van der Waals surface area contributed by atoms with Gasteiger partial charge in [-0.15, -0.1) is 0 Å². The molecule has 3 nitrogen and oxygen atoms in total. The smallest absolute Gasteiger partial charge is 0.0743 e. The van der Waals surface area contributed by atoms with E-state index in [9.17, 15) is 0 Å². The van der Waals surface area contributed by atoms with Gasteiger partial charge in [-0.25, -0.2) is 4.52 Å². The summed E-state index contributed by atoms with van der Waals surface area (Å²) in [5.74, 6) is 0.372. The summed E-state index contributed by atoms with van der Waals surface area (Å²) in [5.41, 5.74) is 11.2. The Kier molecular flexibility index (Phi) is 2.75. The molecule has 0 aliphatic carbocycles. The first-order valence-corrected chi connectivity index (χ1v) is 6.50. The summed E-state index contributed by atoms with van der Waals surface area (Å²) in [6.07, 6.45) is 1.98. The number of nitrogens with two attached hydrogens (primary N) is 1. The fraction of sp³-hybridized carbons (Fsp3) is 0.188. The average Bonchev–Trinajstić information content (AvgIpc) is 2.78. The fourth-order valence-corrected chi connectivity index (χ4v) is 2.41. The summed E-state index contributed by atoms with van der Waals surface area (Å²) in [5, 5.41) is 4.69. The molecule has 0 bridgehead atoms. The largest absolute Gasteiger partial charge is 0.399 e. The van der Waals surface area contributed by atoms with Gasteiger partial charge in [-0.05, 0) is 35.7 Å². The summed E-state index contributed by atoms with van der Waals surface area (Å²) in [4.78, 5) is 0. The minimum atomic E-state index is 0.372. The van der Waals surface area contributed by atoms with E-state index in [0.717, 1.165) is 22.5 Å². The van der Waals surface area contributed by atoms with Crippen LogP contribution in [0.15, 0.2) is 48.7 Å². The Morgan fingerprint density at radius 2 is 1.95 bits per heavy atom. The minimum Gasteiger partial charge on any atom is -0.399 e. The molecule has 3 rings (SSSR count). The zero-order chi connectivity index (χ0) is 13.4. The number of nitrogens with zero attached hydrogens (tertiary/aromatic N) is 2. The number of nitrogen functional groups attached to an aromatic ring is 1. The quantitative estimate of drug-likeness (QED) is 0.706.